The molecule has 0 saturated heterocycles. The van der Waals surface area contributed by atoms with Gasteiger partial charge < -0.3 is 20.4 Å². The first-order valence-corrected chi connectivity index (χ1v) is 4.50. The lowest BCUT2D eigenvalue weighted by atomic mass is 10.1. The molecule has 1 rings (SSSR count). The van der Waals surface area contributed by atoms with E-state index in [1.807, 2.05) is 0 Å². The second kappa shape index (κ2) is 5.13. The van der Waals surface area contributed by atoms with Crippen LogP contribution in [0.3, 0.4) is 0 Å². The van der Waals surface area contributed by atoms with Crippen molar-refractivity contribution >= 4 is 0 Å². The third-order valence-electron chi connectivity index (χ3n) is 1.98. The highest BCUT2D eigenvalue weighted by Gasteiger charge is 2.26. The highest BCUT2D eigenvalue weighted by Crippen LogP contribution is 2.16. The van der Waals surface area contributed by atoms with Crippen LogP contribution in [0.5, 0.6) is 0 Å². The van der Waals surface area contributed by atoms with Crippen LogP contribution in [0.25, 0.3) is 0 Å². The van der Waals surface area contributed by atoms with Crippen molar-refractivity contribution in [3.05, 3.63) is 23.8 Å². The summed E-state index contributed by atoms with van der Waals surface area (Å²) in [4.78, 5) is 7.74. The van der Waals surface area contributed by atoms with Gasteiger partial charge in [0, 0.05) is 6.20 Å². The molecule has 0 aromatic carbocycles. The summed E-state index contributed by atoms with van der Waals surface area (Å²) in [6.45, 7) is 1.07. The van der Waals surface area contributed by atoms with E-state index in [2.05, 4.69) is 9.97 Å². The smallest absolute Gasteiger partial charge is 0.126 e. The first-order chi connectivity index (χ1) is 7.06. The van der Waals surface area contributed by atoms with E-state index in [0.29, 0.717) is 5.69 Å². The maximum absolute atomic E-state index is 9.59. The summed E-state index contributed by atoms with van der Waals surface area (Å²) in [5.74, 6) is 0. The standard InChI is InChI=1S/C9H14N2O4/c1-5-2-10-3-6(11-5)8(14)9(15)7(13)4-12/h2-3,7-9,12-15H,4H2,1H3/t7-,8-,9-/m0/s1. The van der Waals surface area contributed by atoms with Gasteiger partial charge in [0.1, 0.15) is 18.3 Å². The topological polar surface area (TPSA) is 107 Å². The zero-order valence-electron chi connectivity index (χ0n) is 8.28. The van der Waals surface area contributed by atoms with Crippen LogP contribution < -0.4 is 0 Å². The fraction of sp³-hybridized carbons (Fsp3) is 0.556. The van der Waals surface area contributed by atoms with Crippen molar-refractivity contribution in [2.45, 2.75) is 25.2 Å². The van der Waals surface area contributed by atoms with Crippen molar-refractivity contribution in [3.63, 3.8) is 0 Å². The van der Waals surface area contributed by atoms with Crippen LogP contribution in [0.4, 0.5) is 0 Å². The molecule has 0 fully saturated rings. The Kier molecular flexibility index (Phi) is 4.10. The van der Waals surface area contributed by atoms with Gasteiger partial charge in [0.25, 0.3) is 0 Å². The molecule has 0 bridgehead atoms. The quantitative estimate of drug-likeness (QED) is 0.487. The zero-order valence-corrected chi connectivity index (χ0v) is 8.28. The van der Waals surface area contributed by atoms with Crippen LogP contribution in [-0.4, -0.2) is 49.2 Å². The molecule has 4 N–H and O–H groups in total. The normalized spacial score (nSPS) is 17.1. The Hall–Kier alpha value is -1.08. The van der Waals surface area contributed by atoms with Crippen LogP contribution in [0.1, 0.15) is 17.5 Å². The van der Waals surface area contributed by atoms with E-state index in [-0.39, 0.29) is 5.69 Å². The van der Waals surface area contributed by atoms with E-state index in [1.54, 1.807) is 6.92 Å². The SMILES string of the molecule is Cc1cncc([C@H](O)[C@@H](O)[C@@H](O)CO)n1. The second-order valence-electron chi connectivity index (χ2n) is 3.27. The van der Waals surface area contributed by atoms with E-state index >= 15 is 0 Å². The predicted octanol–water partition coefficient (Wildman–Crippen LogP) is -1.47. The molecule has 0 aliphatic carbocycles. The molecule has 1 aromatic rings. The van der Waals surface area contributed by atoms with Crippen molar-refractivity contribution in [1.82, 2.24) is 9.97 Å². The summed E-state index contributed by atoms with van der Waals surface area (Å²) >= 11 is 0. The summed E-state index contributed by atoms with van der Waals surface area (Å²) in [5, 5.41) is 36.7. The third-order valence-corrected chi connectivity index (χ3v) is 1.98. The van der Waals surface area contributed by atoms with Gasteiger partial charge in [-0.25, -0.2) is 0 Å². The Morgan fingerprint density at radius 1 is 1.27 bits per heavy atom. The Bertz CT molecular complexity index is 321. The summed E-state index contributed by atoms with van der Waals surface area (Å²) in [7, 11) is 0. The molecule has 0 aliphatic rings. The van der Waals surface area contributed by atoms with Gasteiger partial charge in [-0.2, -0.15) is 0 Å². The lowest BCUT2D eigenvalue weighted by Gasteiger charge is -2.20. The molecule has 0 aliphatic heterocycles. The van der Waals surface area contributed by atoms with Crippen molar-refractivity contribution in [2.75, 3.05) is 6.61 Å². The Morgan fingerprint density at radius 2 is 1.93 bits per heavy atom. The molecule has 0 spiro atoms. The molecule has 6 nitrogen and oxygen atoms in total. The highest BCUT2D eigenvalue weighted by atomic mass is 16.4. The van der Waals surface area contributed by atoms with Gasteiger partial charge in [-0.3, -0.25) is 9.97 Å². The van der Waals surface area contributed by atoms with Crippen molar-refractivity contribution in [3.8, 4) is 0 Å². The third kappa shape index (κ3) is 2.93. The zero-order chi connectivity index (χ0) is 11.4. The van der Waals surface area contributed by atoms with Crippen LogP contribution in [-0.2, 0) is 0 Å². The molecule has 0 unspecified atom stereocenters. The largest absolute Gasteiger partial charge is 0.394 e. The van der Waals surface area contributed by atoms with Gasteiger partial charge in [0.15, 0.2) is 0 Å². The van der Waals surface area contributed by atoms with Crippen LogP contribution in [0.15, 0.2) is 12.4 Å². The molecule has 0 saturated carbocycles. The number of hydrogen-bond acceptors (Lipinski definition) is 6. The molecule has 1 aromatic heterocycles. The average Bonchev–Trinajstić information content (AvgIpc) is 2.26. The fourth-order valence-electron chi connectivity index (χ4n) is 1.12. The second-order valence-corrected chi connectivity index (χ2v) is 3.27. The van der Waals surface area contributed by atoms with Gasteiger partial charge in [0.05, 0.1) is 24.2 Å². The molecule has 15 heavy (non-hydrogen) atoms. The minimum atomic E-state index is -1.48. The summed E-state index contributed by atoms with van der Waals surface area (Å²) in [6, 6.07) is 0. The predicted molar refractivity (Wildman–Crippen MR) is 50.8 cm³/mol. The molecular formula is C9H14N2O4. The molecule has 0 radical (unpaired) electrons. The number of nitrogens with zero attached hydrogens (tertiary/aromatic N) is 2. The van der Waals surface area contributed by atoms with Gasteiger partial charge in [-0.05, 0) is 6.92 Å². The van der Waals surface area contributed by atoms with Crippen LogP contribution >= 0.6 is 0 Å². The Morgan fingerprint density at radius 3 is 2.47 bits per heavy atom. The summed E-state index contributed by atoms with van der Waals surface area (Å²) in [6.07, 6.45) is -1.44. The fourth-order valence-corrected chi connectivity index (χ4v) is 1.12. The summed E-state index contributed by atoms with van der Waals surface area (Å²) in [5.41, 5.74) is 0.757. The number of aliphatic hydroxyl groups is 4. The minimum absolute atomic E-state index is 0.162. The van der Waals surface area contributed by atoms with Crippen molar-refractivity contribution in [2.24, 2.45) is 0 Å². The Labute approximate surface area is 86.9 Å². The minimum Gasteiger partial charge on any atom is -0.394 e. The van der Waals surface area contributed by atoms with Crippen molar-refractivity contribution in [1.29, 1.82) is 0 Å². The van der Waals surface area contributed by atoms with Gasteiger partial charge >= 0.3 is 0 Å². The lowest BCUT2D eigenvalue weighted by Crippen LogP contribution is -2.35. The van der Waals surface area contributed by atoms with Gasteiger partial charge in [0.2, 0.25) is 0 Å². The monoisotopic (exact) mass is 214 g/mol. The van der Waals surface area contributed by atoms with E-state index in [1.165, 1.54) is 12.4 Å². The number of rotatable bonds is 4. The summed E-state index contributed by atoms with van der Waals surface area (Å²) < 4.78 is 0. The van der Waals surface area contributed by atoms with Gasteiger partial charge in [-0.1, -0.05) is 0 Å². The van der Waals surface area contributed by atoms with Crippen LogP contribution in [0.2, 0.25) is 0 Å². The first-order valence-electron chi connectivity index (χ1n) is 4.50. The van der Waals surface area contributed by atoms with E-state index in [4.69, 9.17) is 10.2 Å². The number of hydrogen-bond donors (Lipinski definition) is 4. The molecule has 3 atom stereocenters. The number of aryl methyl sites for hydroxylation is 1. The van der Waals surface area contributed by atoms with Crippen LogP contribution in [0, 0.1) is 6.92 Å². The molecule has 84 valence electrons. The maximum atomic E-state index is 9.59. The molecular weight excluding hydrogens is 200 g/mol. The number of aromatic nitrogens is 2. The van der Waals surface area contributed by atoms with E-state index in [0.717, 1.165) is 0 Å². The first kappa shape index (κ1) is 12.0. The highest BCUT2D eigenvalue weighted by molar-refractivity contribution is 5.06. The molecule has 6 heteroatoms. The maximum Gasteiger partial charge on any atom is 0.126 e. The lowest BCUT2D eigenvalue weighted by molar-refractivity contribution is -0.0790. The van der Waals surface area contributed by atoms with E-state index < -0.39 is 24.9 Å². The molecule has 0 amide bonds. The van der Waals surface area contributed by atoms with Gasteiger partial charge in [-0.15, -0.1) is 0 Å². The molecule has 1 heterocycles. The average molecular weight is 214 g/mol. The Balaban J connectivity index is 2.80. The number of aliphatic hydroxyl groups excluding tert-OH is 4. The van der Waals surface area contributed by atoms with Crippen molar-refractivity contribution < 1.29 is 20.4 Å². The van der Waals surface area contributed by atoms with E-state index in [9.17, 15) is 10.2 Å².